The van der Waals surface area contributed by atoms with Crippen molar-refractivity contribution in [3.05, 3.63) is 0 Å². The minimum Gasteiger partial charge on any atom is -0.393 e. The van der Waals surface area contributed by atoms with Gasteiger partial charge in [-0.25, -0.2) is 0 Å². The van der Waals surface area contributed by atoms with E-state index in [1.54, 1.807) is 0 Å². The lowest BCUT2D eigenvalue weighted by atomic mass is 9.86. The van der Waals surface area contributed by atoms with E-state index in [-0.39, 0.29) is 6.10 Å². The number of hydrogen-bond donors (Lipinski definition) is 1. The molecule has 15 heavy (non-hydrogen) atoms. The van der Waals surface area contributed by atoms with Crippen LogP contribution in [0.2, 0.25) is 0 Å². The van der Waals surface area contributed by atoms with E-state index in [1.807, 2.05) is 0 Å². The average molecular weight is 213 g/mol. The molecule has 0 radical (unpaired) electrons. The van der Waals surface area contributed by atoms with Crippen molar-refractivity contribution >= 4 is 0 Å². The first-order chi connectivity index (χ1) is 7.09. The summed E-state index contributed by atoms with van der Waals surface area (Å²) >= 11 is 0. The van der Waals surface area contributed by atoms with Gasteiger partial charge >= 0.3 is 0 Å². The summed E-state index contributed by atoms with van der Waals surface area (Å²) < 4.78 is 0. The smallest absolute Gasteiger partial charge is 0.0580 e. The van der Waals surface area contributed by atoms with Crippen molar-refractivity contribution in [1.82, 2.24) is 4.90 Å². The first-order valence-electron chi connectivity index (χ1n) is 6.46. The summed E-state index contributed by atoms with van der Waals surface area (Å²) in [4.78, 5) is 2.39. The molecule has 0 bridgehead atoms. The van der Waals surface area contributed by atoms with Crippen molar-refractivity contribution < 1.29 is 5.11 Å². The Balaban J connectivity index is 2.20. The van der Waals surface area contributed by atoms with Gasteiger partial charge < -0.3 is 10.0 Å². The van der Waals surface area contributed by atoms with Crippen molar-refractivity contribution in [3.8, 4) is 0 Å². The van der Waals surface area contributed by atoms with Gasteiger partial charge in [0.2, 0.25) is 0 Å². The Labute approximate surface area is 94.7 Å². The number of hydrogen-bond acceptors (Lipinski definition) is 2. The third kappa shape index (κ3) is 4.98. The van der Waals surface area contributed by atoms with Crippen LogP contribution < -0.4 is 0 Å². The van der Waals surface area contributed by atoms with Crippen LogP contribution in [0.4, 0.5) is 0 Å². The largest absolute Gasteiger partial charge is 0.393 e. The molecule has 1 rings (SSSR count). The first-order valence-corrected chi connectivity index (χ1v) is 6.46. The van der Waals surface area contributed by atoms with Crippen LogP contribution in [0, 0.1) is 11.8 Å². The lowest BCUT2D eigenvalue weighted by Crippen LogP contribution is -2.35. The second-order valence-corrected chi connectivity index (χ2v) is 5.56. The number of rotatable bonds is 5. The van der Waals surface area contributed by atoms with Gasteiger partial charge in [0.05, 0.1) is 6.10 Å². The zero-order chi connectivity index (χ0) is 11.3. The molecule has 0 spiro atoms. The van der Waals surface area contributed by atoms with Gasteiger partial charge in [0.25, 0.3) is 0 Å². The topological polar surface area (TPSA) is 23.5 Å². The predicted octanol–water partition coefficient (Wildman–Crippen LogP) is 2.52. The molecule has 0 aromatic carbocycles. The Bertz CT molecular complexity index is 170. The van der Waals surface area contributed by atoms with Crippen LogP contribution in [-0.4, -0.2) is 36.2 Å². The molecule has 0 amide bonds. The minimum absolute atomic E-state index is 0.0414. The van der Waals surface area contributed by atoms with Gasteiger partial charge in [-0.05, 0) is 44.7 Å². The van der Waals surface area contributed by atoms with E-state index < -0.39 is 0 Å². The zero-order valence-corrected chi connectivity index (χ0v) is 10.6. The van der Waals surface area contributed by atoms with Gasteiger partial charge in [0.1, 0.15) is 0 Å². The maximum absolute atomic E-state index is 9.87. The van der Waals surface area contributed by atoms with Crippen LogP contribution in [0.25, 0.3) is 0 Å². The highest BCUT2D eigenvalue weighted by atomic mass is 16.3. The Morgan fingerprint density at radius 2 is 1.93 bits per heavy atom. The first kappa shape index (κ1) is 13.0. The highest BCUT2D eigenvalue weighted by Gasteiger charge is 2.23. The molecule has 0 aliphatic heterocycles. The summed E-state index contributed by atoms with van der Waals surface area (Å²) in [5, 5.41) is 9.87. The van der Waals surface area contributed by atoms with E-state index in [0.29, 0.717) is 5.92 Å². The molecule has 90 valence electrons. The minimum atomic E-state index is -0.0414. The zero-order valence-electron chi connectivity index (χ0n) is 10.6. The Hall–Kier alpha value is -0.0800. The van der Waals surface area contributed by atoms with Crippen LogP contribution >= 0.6 is 0 Å². The molecule has 1 aliphatic rings. The lowest BCUT2D eigenvalue weighted by Gasteiger charge is -2.31. The van der Waals surface area contributed by atoms with Crippen LogP contribution in [0.15, 0.2) is 0 Å². The molecule has 0 heterocycles. The Morgan fingerprint density at radius 1 is 1.27 bits per heavy atom. The molecular formula is C13H27NO. The molecule has 0 aromatic heterocycles. The molecule has 1 aliphatic carbocycles. The SMILES string of the molecule is CC(C)CCN(C)CC1CCCCC1O. The van der Waals surface area contributed by atoms with E-state index in [4.69, 9.17) is 0 Å². The quantitative estimate of drug-likeness (QED) is 0.758. The monoisotopic (exact) mass is 213 g/mol. The summed E-state index contributed by atoms with van der Waals surface area (Å²) in [6, 6.07) is 0. The predicted molar refractivity (Wildman–Crippen MR) is 64.9 cm³/mol. The van der Waals surface area contributed by atoms with Gasteiger partial charge in [-0.3, -0.25) is 0 Å². The fourth-order valence-electron chi connectivity index (χ4n) is 2.37. The van der Waals surface area contributed by atoms with Crippen molar-refractivity contribution in [2.24, 2.45) is 11.8 Å². The highest BCUT2D eigenvalue weighted by molar-refractivity contribution is 4.76. The van der Waals surface area contributed by atoms with Crippen LogP contribution in [0.1, 0.15) is 46.0 Å². The molecule has 1 N–H and O–H groups in total. The van der Waals surface area contributed by atoms with Gasteiger partial charge in [0, 0.05) is 6.54 Å². The molecule has 2 heteroatoms. The van der Waals surface area contributed by atoms with Crippen molar-refractivity contribution in [2.45, 2.75) is 52.1 Å². The molecule has 2 atom stereocenters. The summed E-state index contributed by atoms with van der Waals surface area (Å²) in [5.41, 5.74) is 0. The second-order valence-electron chi connectivity index (χ2n) is 5.56. The molecule has 0 aromatic rings. The molecule has 0 saturated heterocycles. The lowest BCUT2D eigenvalue weighted by molar-refractivity contribution is 0.0508. The maximum atomic E-state index is 9.87. The third-order valence-electron chi connectivity index (χ3n) is 3.50. The number of aliphatic hydroxyl groups is 1. The standard InChI is InChI=1S/C13H27NO/c1-11(2)8-9-14(3)10-12-6-4-5-7-13(12)15/h11-13,15H,4-10H2,1-3H3. The molecule has 1 fully saturated rings. The van der Waals surface area contributed by atoms with E-state index in [1.165, 1.54) is 32.2 Å². The normalized spacial score (nSPS) is 27.6. The molecular weight excluding hydrogens is 186 g/mol. The molecule has 2 nitrogen and oxygen atoms in total. The van der Waals surface area contributed by atoms with Crippen LogP contribution in [-0.2, 0) is 0 Å². The molecule has 1 saturated carbocycles. The summed E-state index contributed by atoms with van der Waals surface area (Å²) in [6.07, 6.45) is 5.97. The van der Waals surface area contributed by atoms with Gasteiger partial charge in [0.15, 0.2) is 0 Å². The van der Waals surface area contributed by atoms with E-state index in [2.05, 4.69) is 25.8 Å². The number of aliphatic hydroxyl groups excluding tert-OH is 1. The van der Waals surface area contributed by atoms with Gasteiger partial charge in [-0.2, -0.15) is 0 Å². The number of nitrogens with zero attached hydrogens (tertiary/aromatic N) is 1. The summed E-state index contributed by atoms with van der Waals surface area (Å²) in [5.74, 6) is 1.31. The second kappa shape index (κ2) is 6.49. The van der Waals surface area contributed by atoms with Crippen LogP contribution in [0.3, 0.4) is 0 Å². The Kier molecular flexibility index (Phi) is 5.62. The van der Waals surface area contributed by atoms with Crippen molar-refractivity contribution in [1.29, 1.82) is 0 Å². The van der Waals surface area contributed by atoms with E-state index >= 15 is 0 Å². The van der Waals surface area contributed by atoms with Gasteiger partial charge in [-0.15, -0.1) is 0 Å². The summed E-state index contributed by atoms with van der Waals surface area (Å²) in [7, 11) is 2.18. The fraction of sp³-hybridized carbons (Fsp3) is 1.00. The van der Waals surface area contributed by atoms with Gasteiger partial charge in [-0.1, -0.05) is 26.7 Å². The van der Waals surface area contributed by atoms with Crippen molar-refractivity contribution in [3.63, 3.8) is 0 Å². The van der Waals surface area contributed by atoms with Crippen molar-refractivity contribution in [2.75, 3.05) is 20.1 Å². The van der Waals surface area contributed by atoms with Crippen LogP contribution in [0.5, 0.6) is 0 Å². The summed E-state index contributed by atoms with van der Waals surface area (Å²) in [6.45, 7) is 6.78. The van der Waals surface area contributed by atoms with E-state index in [0.717, 1.165) is 18.9 Å². The average Bonchev–Trinajstić information content (AvgIpc) is 2.18. The third-order valence-corrected chi connectivity index (χ3v) is 3.50. The fourth-order valence-corrected chi connectivity index (χ4v) is 2.37. The highest BCUT2D eigenvalue weighted by Crippen LogP contribution is 2.24. The van der Waals surface area contributed by atoms with E-state index in [9.17, 15) is 5.11 Å². The Morgan fingerprint density at radius 3 is 2.53 bits per heavy atom. The molecule has 2 unspecified atom stereocenters. The maximum Gasteiger partial charge on any atom is 0.0580 e.